The van der Waals surface area contributed by atoms with Crippen LogP contribution in [0, 0.1) is 0 Å². The van der Waals surface area contributed by atoms with Gasteiger partial charge in [-0.15, -0.1) is 0 Å². The summed E-state index contributed by atoms with van der Waals surface area (Å²) in [6, 6.07) is 4.80. The summed E-state index contributed by atoms with van der Waals surface area (Å²) in [6.45, 7) is 5.12. The molecule has 0 atom stereocenters. The highest BCUT2D eigenvalue weighted by atomic mass is 79.9. The highest BCUT2D eigenvalue weighted by Gasteiger charge is 2.25. The quantitative estimate of drug-likeness (QED) is 0.832. The van der Waals surface area contributed by atoms with Gasteiger partial charge < -0.3 is 4.90 Å². The van der Waals surface area contributed by atoms with E-state index in [1.807, 2.05) is 0 Å². The summed E-state index contributed by atoms with van der Waals surface area (Å²) in [5, 5.41) is 0.236. The molecule has 2 rings (SSSR count). The van der Waals surface area contributed by atoms with Crippen molar-refractivity contribution in [3.05, 3.63) is 27.7 Å². The summed E-state index contributed by atoms with van der Waals surface area (Å²) < 4.78 is 28.4. The molecule has 118 valence electrons. The summed E-state index contributed by atoms with van der Waals surface area (Å²) >= 11 is 9.32. The number of halogens is 2. The molecule has 1 fully saturated rings. The zero-order chi connectivity index (χ0) is 15.5. The van der Waals surface area contributed by atoms with Gasteiger partial charge in [-0.25, -0.2) is 13.1 Å². The molecule has 7 heteroatoms. The van der Waals surface area contributed by atoms with Crippen LogP contribution in [0.2, 0.25) is 5.02 Å². The van der Waals surface area contributed by atoms with Gasteiger partial charge in [0.25, 0.3) is 0 Å². The van der Waals surface area contributed by atoms with Gasteiger partial charge in [-0.3, -0.25) is 0 Å². The van der Waals surface area contributed by atoms with Crippen LogP contribution in [0.1, 0.15) is 26.2 Å². The van der Waals surface area contributed by atoms with E-state index in [1.54, 1.807) is 12.1 Å². The molecule has 0 radical (unpaired) electrons. The molecule has 21 heavy (non-hydrogen) atoms. The minimum atomic E-state index is -3.56. The molecular formula is C14H20BrClN2O2S. The Labute approximate surface area is 140 Å². The topological polar surface area (TPSA) is 49.4 Å². The van der Waals surface area contributed by atoms with E-state index in [2.05, 4.69) is 32.5 Å². The molecule has 1 aromatic carbocycles. The number of likely N-dealkylation sites (tertiary alicyclic amines) is 1. The van der Waals surface area contributed by atoms with Crippen molar-refractivity contribution in [3.8, 4) is 0 Å². The second-order valence-corrected chi connectivity index (χ2v) is 8.32. The minimum absolute atomic E-state index is 0.0113. The number of piperidine rings is 1. The maximum Gasteiger partial charge on any atom is 0.242 e. The summed E-state index contributed by atoms with van der Waals surface area (Å²) in [5.74, 6) is 0. The number of hydrogen-bond acceptors (Lipinski definition) is 3. The molecule has 1 heterocycles. The van der Waals surface area contributed by atoms with Crippen molar-refractivity contribution >= 4 is 37.6 Å². The Balaban J connectivity index is 2.02. The predicted molar refractivity (Wildman–Crippen MR) is 89.2 cm³/mol. The SMILES string of the molecule is CCCN1CCC(NS(=O)(=O)c2ccc(Br)cc2Cl)CC1. The first kappa shape index (κ1) is 17.2. The number of hydrogen-bond donors (Lipinski definition) is 1. The molecule has 0 unspecified atom stereocenters. The van der Waals surface area contributed by atoms with Crippen molar-refractivity contribution in [3.63, 3.8) is 0 Å². The van der Waals surface area contributed by atoms with Crippen molar-refractivity contribution in [2.24, 2.45) is 0 Å². The molecule has 0 aliphatic carbocycles. The molecule has 1 aromatic rings. The Kier molecular flexibility index (Phi) is 6.08. The zero-order valence-corrected chi connectivity index (χ0v) is 15.1. The van der Waals surface area contributed by atoms with Crippen LogP contribution in [0.3, 0.4) is 0 Å². The Morgan fingerprint density at radius 2 is 2.05 bits per heavy atom. The minimum Gasteiger partial charge on any atom is -0.303 e. The molecule has 0 saturated carbocycles. The average molecular weight is 396 g/mol. The Morgan fingerprint density at radius 1 is 1.38 bits per heavy atom. The monoisotopic (exact) mass is 394 g/mol. The van der Waals surface area contributed by atoms with E-state index in [-0.39, 0.29) is 16.0 Å². The van der Waals surface area contributed by atoms with Crippen molar-refractivity contribution < 1.29 is 8.42 Å². The van der Waals surface area contributed by atoms with Crippen LogP contribution in [-0.2, 0) is 10.0 Å². The van der Waals surface area contributed by atoms with Crippen molar-refractivity contribution in [2.75, 3.05) is 19.6 Å². The highest BCUT2D eigenvalue weighted by Crippen LogP contribution is 2.26. The first-order chi connectivity index (χ1) is 9.92. The lowest BCUT2D eigenvalue weighted by molar-refractivity contribution is 0.208. The fraction of sp³-hybridized carbons (Fsp3) is 0.571. The van der Waals surface area contributed by atoms with Gasteiger partial charge in [0.15, 0.2) is 0 Å². The third kappa shape index (κ3) is 4.66. The van der Waals surface area contributed by atoms with Gasteiger partial charge in [0.2, 0.25) is 10.0 Å². The lowest BCUT2D eigenvalue weighted by Crippen LogP contribution is -2.44. The standard InChI is InChI=1S/C14H20BrClN2O2S/c1-2-7-18-8-5-12(6-9-18)17-21(19,20)14-4-3-11(15)10-13(14)16/h3-4,10,12,17H,2,5-9H2,1H3. The Bertz CT molecular complexity index is 587. The van der Waals surface area contributed by atoms with Crippen LogP contribution >= 0.6 is 27.5 Å². The summed E-state index contributed by atoms with van der Waals surface area (Å²) in [6.07, 6.45) is 2.81. The van der Waals surface area contributed by atoms with Crippen molar-refractivity contribution in [1.29, 1.82) is 0 Å². The second kappa shape index (κ2) is 7.42. The van der Waals surface area contributed by atoms with E-state index < -0.39 is 10.0 Å². The van der Waals surface area contributed by atoms with Crippen LogP contribution in [0.15, 0.2) is 27.6 Å². The van der Waals surface area contributed by atoms with Crippen LogP contribution in [0.25, 0.3) is 0 Å². The second-order valence-electron chi connectivity index (χ2n) is 5.31. The molecular weight excluding hydrogens is 376 g/mol. The first-order valence-corrected chi connectivity index (χ1v) is 9.77. The number of nitrogens with one attached hydrogen (secondary N) is 1. The van der Waals surface area contributed by atoms with E-state index in [9.17, 15) is 8.42 Å². The molecule has 4 nitrogen and oxygen atoms in total. The van der Waals surface area contributed by atoms with Crippen LogP contribution in [-0.4, -0.2) is 39.0 Å². The summed E-state index contributed by atoms with van der Waals surface area (Å²) in [5.41, 5.74) is 0. The zero-order valence-electron chi connectivity index (χ0n) is 12.0. The van der Waals surface area contributed by atoms with Gasteiger partial charge in [-0.05, 0) is 57.1 Å². The first-order valence-electron chi connectivity index (χ1n) is 7.12. The molecule has 0 aromatic heterocycles. The summed E-state index contributed by atoms with van der Waals surface area (Å²) in [4.78, 5) is 2.51. The van der Waals surface area contributed by atoms with E-state index in [4.69, 9.17) is 11.6 Å². The molecule has 0 bridgehead atoms. The van der Waals surface area contributed by atoms with Gasteiger partial charge >= 0.3 is 0 Å². The third-order valence-corrected chi connectivity index (χ3v) is 6.13. The van der Waals surface area contributed by atoms with E-state index >= 15 is 0 Å². The van der Waals surface area contributed by atoms with Crippen molar-refractivity contribution in [1.82, 2.24) is 9.62 Å². The maximum atomic E-state index is 12.4. The van der Waals surface area contributed by atoms with Crippen molar-refractivity contribution in [2.45, 2.75) is 37.1 Å². The molecule has 1 aliphatic rings. The van der Waals surface area contributed by atoms with Crippen LogP contribution < -0.4 is 4.72 Å². The molecule has 0 amide bonds. The fourth-order valence-electron chi connectivity index (χ4n) is 2.57. The fourth-order valence-corrected chi connectivity index (χ4v) is 4.91. The highest BCUT2D eigenvalue weighted by molar-refractivity contribution is 9.10. The number of rotatable bonds is 5. The van der Waals surface area contributed by atoms with Gasteiger partial charge in [0.1, 0.15) is 4.90 Å². The lowest BCUT2D eigenvalue weighted by atomic mass is 10.1. The predicted octanol–water partition coefficient (Wildman–Crippen LogP) is 3.26. The molecule has 1 saturated heterocycles. The van der Waals surface area contributed by atoms with Gasteiger partial charge in [-0.1, -0.05) is 34.5 Å². The molecule has 0 spiro atoms. The number of benzene rings is 1. The lowest BCUT2D eigenvalue weighted by Gasteiger charge is -2.31. The summed E-state index contributed by atoms with van der Waals surface area (Å²) in [7, 11) is -3.56. The third-order valence-electron chi connectivity index (χ3n) is 3.63. The van der Waals surface area contributed by atoms with Gasteiger partial charge in [0, 0.05) is 10.5 Å². The Morgan fingerprint density at radius 3 is 2.62 bits per heavy atom. The molecule has 1 N–H and O–H groups in total. The maximum absolute atomic E-state index is 12.4. The average Bonchev–Trinajstić information content (AvgIpc) is 2.40. The van der Waals surface area contributed by atoms with E-state index in [0.717, 1.165) is 43.4 Å². The Hall–Kier alpha value is -0.140. The largest absolute Gasteiger partial charge is 0.303 e. The smallest absolute Gasteiger partial charge is 0.242 e. The molecule has 1 aliphatic heterocycles. The van der Waals surface area contributed by atoms with Gasteiger partial charge in [-0.2, -0.15) is 0 Å². The van der Waals surface area contributed by atoms with E-state index in [1.165, 1.54) is 6.07 Å². The number of nitrogens with zero attached hydrogens (tertiary/aromatic N) is 1. The van der Waals surface area contributed by atoms with Gasteiger partial charge in [0.05, 0.1) is 5.02 Å². The van der Waals surface area contributed by atoms with Crippen LogP contribution in [0.5, 0.6) is 0 Å². The van der Waals surface area contributed by atoms with E-state index in [0.29, 0.717) is 0 Å². The normalized spacial score (nSPS) is 18.0. The van der Waals surface area contributed by atoms with Crippen LogP contribution in [0.4, 0.5) is 0 Å². The number of sulfonamides is 1.